The molecule has 1 N–H and O–H groups in total. The molecule has 28 heavy (non-hydrogen) atoms. The van der Waals surface area contributed by atoms with Gasteiger partial charge in [-0.1, -0.05) is 49.3 Å². The predicted octanol–water partition coefficient (Wildman–Crippen LogP) is 4.71. The zero-order valence-electron chi connectivity index (χ0n) is 15.6. The molecule has 0 saturated heterocycles. The molecule has 1 atom stereocenters. The second kappa shape index (κ2) is 9.62. The van der Waals surface area contributed by atoms with Crippen LogP contribution in [0, 0.1) is 0 Å². The van der Waals surface area contributed by atoms with Crippen molar-refractivity contribution in [1.82, 2.24) is 5.32 Å². The molecule has 3 aromatic rings. The number of hydrogen-bond donors (Lipinski definition) is 1. The second-order valence-corrected chi connectivity index (χ2v) is 7.29. The Labute approximate surface area is 175 Å². The molecular formula is C22H22ClN2O2S+. The zero-order chi connectivity index (χ0) is 19.9. The molecule has 0 bridgehead atoms. The SMILES string of the molecule is CCCc1cc[n+]([C@H](C(=O)c2ccccc2Cl)C(=S)NCc2ccco2)cc1. The zero-order valence-corrected chi connectivity index (χ0v) is 17.2. The number of nitrogens with one attached hydrogen (secondary N) is 1. The number of benzene rings is 1. The minimum absolute atomic E-state index is 0.157. The number of pyridine rings is 1. The van der Waals surface area contributed by atoms with Crippen LogP contribution < -0.4 is 9.88 Å². The summed E-state index contributed by atoms with van der Waals surface area (Å²) in [6, 6.07) is 14.0. The van der Waals surface area contributed by atoms with Gasteiger partial charge in [0.05, 0.1) is 17.8 Å². The summed E-state index contributed by atoms with van der Waals surface area (Å²) < 4.78 is 7.16. The van der Waals surface area contributed by atoms with E-state index in [0.29, 0.717) is 22.1 Å². The summed E-state index contributed by atoms with van der Waals surface area (Å²) in [5.74, 6) is 0.588. The molecular weight excluding hydrogens is 392 g/mol. The molecule has 0 aliphatic rings. The third kappa shape index (κ3) is 4.86. The van der Waals surface area contributed by atoms with Crippen LogP contribution in [0.4, 0.5) is 0 Å². The number of rotatable bonds is 8. The summed E-state index contributed by atoms with van der Waals surface area (Å²) in [5.41, 5.74) is 1.67. The van der Waals surface area contributed by atoms with Crippen LogP contribution in [0.3, 0.4) is 0 Å². The van der Waals surface area contributed by atoms with E-state index < -0.39 is 6.04 Å². The fourth-order valence-electron chi connectivity index (χ4n) is 2.98. The average molecular weight is 414 g/mol. The van der Waals surface area contributed by atoms with E-state index in [4.69, 9.17) is 28.2 Å². The van der Waals surface area contributed by atoms with Gasteiger partial charge in [-0.3, -0.25) is 4.79 Å². The molecule has 1 aromatic carbocycles. The largest absolute Gasteiger partial charge is 0.467 e. The van der Waals surface area contributed by atoms with Crippen LogP contribution in [-0.4, -0.2) is 10.8 Å². The summed E-state index contributed by atoms with van der Waals surface area (Å²) >= 11 is 11.9. The number of halogens is 1. The van der Waals surface area contributed by atoms with Gasteiger partial charge in [0.25, 0.3) is 6.04 Å². The number of nitrogens with zero attached hydrogens (tertiary/aromatic N) is 1. The standard InChI is InChI=1S/C22H21ClN2O2S/c1-2-6-16-10-12-25(13-11-16)20(21(26)18-8-3-4-9-19(18)23)22(28)24-15-17-7-5-14-27-17/h3-5,7-14,20H,2,6,15H2,1H3/p+1/t20-/m1/s1. The lowest BCUT2D eigenvalue weighted by Crippen LogP contribution is -2.51. The Bertz CT molecular complexity index is 939. The topological polar surface area (TPSA) is 46.1 Å². The van der Waals surface area contributed by atoms with Crippen molar-refractivity contribution in [3.63, 3.8) is 0 Å². The Kier molecular flexibility index (Phi) is 6.95. The lowest BCUT2D eigenvalue weighted by molar-refractivity contribution is -0.692. The highest BCUT2D eigenvalue weighted by molar-refractivity contribution is 7.80. The van der Waals surface area contributed by atoms with Crippen molar-refractivity contribution < 1.29 is 13.8 Å². The van der Waals surface area contributed by atoms with E-state index in [0.717, 1.165) is 18.6 Å². The molecule has 144 valence electrons. The number of Topliss-reactive ketones (excluding diaryl/α,β-unsaturated/α-hetero) is 1. The maximum absolute atomic E-state index is 13.3. The molecule has 0 spiro atoms. The van der Waals surface area contributed by atoms with E-state index >= 15 is 0 Å². The molecule has 4 nitrogen and oxygen atoms in total. The average Bonchev–Trinajstić information content (AvgIpc) is 3.22. The Morgan fingerprint density at radius 2 is 1.93 bits per heavy atom. The monoisotopic (exact) mass is 413 g/mol. The van der Waals surface area contributed by atoms with Crippen molar-refractivity contribution in [2.24, 2.45) is 0 Å². The molecule has 0 amide bonds. The quantitative estimate of drug-likeness (QED) is 0.330. The second-order valence-electron chi connectivity index (χ2n) is 6.45. The fraction of sp³-hybridized carbons (Fsp3) is 0.227. The van der Waals surface area contributed by atoms with E-state index in [2.05, 4.69) is 12.2 Å². The molecule has 0 unspecified atom stereocenters. The molecule has 0 fully saturated rings. The number of carbonyl (C=O) groups excluding carboxylic acids is 1. The lowest BCUT2D eigenvalue weighted by atomic mass is 10.0. The van der Waals surface area contributed by atoms with Crippen molar-refractivity contribution in [2.45, 2.75) is 32.4 Å². The van der Waals surface area contributed by atoms with Crippen LogP contribution in [0.1, 0.15) is 41.1 Å². The molecule has 0 radical (unpaired) electrons. The highest BCUT2D eigenvalue weighted by Crippen LogP contribution is 2.20. The number of thiocarbonyl (C=S) groups is 1. The summed E-state index contributed by atoms with van der Waals surface area (Å²) in [4.78, 5) is 13.7. The van der Waals surface area contributed by atoms with Gasteiger partial charge in [0.1, 0.15) is 5.76 Å². The van der Waals surface area contributed by atoms with Crippen molar-refractivity contribution >= 4 is 34.6 Å². The van der Waals surface area contributed by atoms with Gasteiger partial charge in [-0.2, -0.15) is 4.57 Å². The Balaban J connectivity index is 1.89. The van der Waals surface area contributed by atoms with Crippen molar-refractivity contribution in [1.29, 1.82) is 0 Å². The van der Waals surface area contributed by atoms with E-state index in [-0.39, 0.29) is 5.78 Å². The van der Waals surface area contributed by atoms with Gasteiger partial charge in [-0.15, -0.1) is 0 Å². The van der Waals surface area contributed by atoms with Crippen LogP contribution in [0.15, 0.2) is 71.6 Å². The smallest absolute Gasteiger partial charge is 0.270 e. The van der Waals surface area contributed by atoms with Crippen LogP contribution in [0.5, 0.6) is 0 Å². The minimum atomic E-state index is -0.694. The first-order valence-electron chi connectivity index (χ1n) is 9.18. The number of aromatic nitrogens is 1. The Morgan fingerprint density at radius 1 is 1.18 bits per heavy atom. The van der Waals surface area contributed by atoms with E-state index in [1.54, 1.807) is 30.5 Å². The third-order valence-corrected chi connectivity index (χ3v) is 5.11. The van der Waals surface area contributed by atoms with Crippen molar-refractivity contribution in [2.75, 3.05) is 0 Å². The van der Waals surface area contributed by atoms with Gasteiger partial charge < -0.3 is 9.73 Å². The molecule has 6 heteroatoms. The number of aryl methyl sites for hydroxylation is 1. The first kappa shape index (κ1) is 20.2. The summed E-state index contributed by atoms with van der Waals surface area (Å²) in [7, 11) is 0. The number of ketones is 1. The molecule has 0 aliphatic heterocycles. The van der Waals surface area contributed by atoms with E-state index in [9.17, 15) is 4.79 Å². The fourth-order valence-corrected chi connectivity index (χ4v) is 3.51. The number of furan rings is 1. The van der Waals surface area contributed by atoms with Crippen LogP contribution in [0.2, 0.25) is 5.02 Å². The van der Waals surface area contributed by atoms with Gasteiger partial charge in [0, 0.05) is 17.7 Å². The third-order valence-electron chi connectivity index (χ3n) is 4.41. The van der Waals surface area contributed by atoms with Gasteiger partial charge in [-0.25, -0.2) is 0 Å². The van der Waals surface area contributed by atoms with Crippen molar-refractivity contribution in [3.8, 4) is 0 Å². The van der Waals surface area contributed by atoms with Crippen LogP contribution >= 0.6 is 23.8 Å². The molecule has 0 aliphatic carbocycles. The lowest BCUT2D eigenvalue weighted by Gasteiger charge is -2.15. The first-order valence-corrected chi connectivity index (χ1v) is 9.97. The van der Waals surface area contributed by atoms with Crippen LogP contribution in [0.25, 0.3) is 0 Å². The molecule has 3 rings (SSSR count). The Hall–Kier alpha value is -2.50. The highest BCUT2D eigenvalue weighted by Gasteiger charge is 2.34. The predicted molar refractivity (Wildman–Crippen MR) is 114 cm³/mol. The maximum atomic E-state index is 13.3. The van der Waals surface area contributed by atoms with Gasteiger partial charge in [-0.05, 0) is 36.2 Å². The molecule has 2 heterocycles. The summed E-state index contributed by atoms with van der Waals surface area (Å²) in [5, 5.41) is 3.56. The summed E-state index contributed by atoms with van der Waals surface area (Å²) in [6.07, 6.45) is 7.45. The van der Waals surface area contributed by atoms with Gasteiger partial charge in [0.15, 0.2) is 17.4 Å². The van der Waals surface area contributed by atoms with Crippen LogP contribution in [-0.2, 0) is 13.0 Å². The van der Waals surface area contributed by atoms with E-state index in [1.807, 2.05) is 41.2 Å². The molecule has 0 saturated carbocycles. The summed E-state index contributed by atoms with van der Waals surface area (Å²) in [6.45, 7) is 2.55. The Morgan fingerprint density at radius 3 is 2.57 bits per heavy atom. The van der Waals surface area contributed by atoms with Crippen molar-refractivity contribution in [3.05, 3.63) is 89.1 Å². The maximum Gasteiger partial charge on any atom is 0.270 e. The number of carbonyl (C=O) groups is 1. The minimum Gasteiger partial charge on any atom is -0.467 e. The first-order chi connectivity index (χ1) is 13.6. The number of hydrogen-bond acceptors (Lipinski definition) is 3. The van der Waals surface area contributed by atoms with E-state index in [1.165, 1.54) is 5.56 Å². The van der Waals surface area contributed by atoms with Gasteiger partial charge in [0.2, 0.25) is 5.78 Å². The normalized spacial score (nSPS) is 11.8. The highest BCUT2D eigenvalue weighted by atomic mass is 35.5. The molecule has 2 aromatic heterocycles. The van der Waals surface area contributed by atoms with Gasteiger partial charge >= 0.3 is 0 Å².